The molecule has 0 aliphatic rings. The molecule has 0 saturated carbocycles. The monoisotopic (exact) mass is 442 g/mol. The van der Waals surface area contributed by atoms with Gasteiger partial charge in [-0.1, -0.05) is 48.5 Å². The standard InChI is InChI=1S/C26H26N4O3/c1-16(2)30-23-11-10-19(17-8-5-9-20(12-17)25(27)28)13-22(23)26(29-30)33-15-21-7-4-3-6-18(21)14-24(31)32/h3-13,16H,14-15H2,1-2H3,(H3,27,28)(H,31,32). The van der Waals surface area contributed by atoms with Gasteiger partial charge in [-0.05, 0) is 54.3 Å². The van der Waals surface area contributed by atoms with Crippen LogP contribution in [0.2, 0.25) is 0 Å². The average molecular weight is 443 g/mol. The van der Waals surface area contributed by atoms with Crippen LogP contribution < -0.4 is 10.5 Å². The second-order valence-corrected chi connectivity index (χ2v) is 8.20. The predicted molar refractivity (Wildman–Crippen MR) is 129 cm³/mol. The van der Waals surface area contributed by atoms with Gasteiger partial charge in [-0.15, -0.1) is 5.10 Å². The van der Waals surface area contributed by atoms with Crippen LogP contribution in [0.5, 0.6) is 5.88 Å². The Labute approximate surface area is 191 Å². The molecule has 4 N–H and O–H groups in total. The lowest BCUT2D eigenvalue weighted by Crippen LogP contribution is -2.10. The first-order chi connectivity index (χ1) is 15.8. The minimum Gasteiger partial charge on any atom is -0.481 e. The number of benzene rings is 3. The summed E-state index contributed by atoms with van der Waals surface area (Å²) in [6.07, 6.45) is -0.0582. The lowest BCUT2D eigenvalue weighted by Gasteiger charge is -2.09. The number of fused-ring (bicyclic) bond motifs is 1. The quantitative estimate of drug-likeness (QED) is 0.268. The van der Waals surface area contributed by atoms with Crippen molar-refractivity contribution in [1.82, 2.24) is 9.78 Å². The van der Waals surface area contributed by atoms with Gasteiger partial charge in [0.25, 0.3) is 0 Å². The van der Waals surface area contributed by atoms with Crippen LogP contribution in [-0.4, -0.2) is 26.7 Å². The predicted octanol–water partition coefficient (Wildman–Crippen LogP) is 4.77. The fraction of sp³-hybridized carbons (Fsp3) is 0.192. The molecule has 168 valence electrons. The Morgan fingerprint density at radius 2 is 1.79 bits per heavy atom. The largest absolute Gasteiger partial charge is 0.481 e. The SMILES string of the molecule is CC(C)n1nc(OCc2ccccc2CC(=O)O)c2cc(-c3cccc(C(=N)N)c3)ccc21. The molecule has 1 aromatic heterocycles. The Bertz CT molecular complexity index is 1340. The summed E-state index contributed by atoms with van der Waals surface area (Å²) in [6, 6.07) is 21.1. The van der Waals surface area contributed by atoms with Crippen molar-refractivity contribution in [3.8, 4) is 17.0 Å². The zero-order chi connectivity index (χ0) is 23.5. The van der Waals surface area contributed by atoms with Gasteiger partial charge in [0.05, 0.1) is 17.3 Å². The van der Waals surface area contributed by atoms with E-state index in [0.717, 1.165) is 33.2 Å². The van der Waals surface area contributed by atoms with Crippen LogP contribution in [0.4, 0.5) is 0 Å². The smallest absolute Gasteiger partial charge is 0.307 e. The van der Waals surface area contributed by atoms with E-state index in [4.69, 9.17) is 21.0 Å². The Morgan fingerprint density at radius 1 is 1.06 bits per heavy atom. The number of nitrogen functional groups attached to an aromatic ring is 1. The van der Waals surface area contributed by atoms with Crippen LogP contribution in [0.1, 0.15) is 36.6 Å². The van der Waals surface area contributed by atoms with Gasteiger partial charge in [-0.3, -0.25) is 14.9 Å². The van der Waals surface area contributed by atoms with Crippen molar-refractivity contribution < 1.29 is 14.6 Å². The third-order valence-corrected chi connectivity index (χ3v) is 5.49. The number of aromatic nitrogens is 2. The molecular weight excluding hydrogens is 416 g/mol. The number of hydrogen-bond donors (Lipinski definition) is 3. The number of amidine groups is 1. The highest BCUT2D eigenvalue weighted by Gasteiger charge is 2.16. The molecule has 7 nitrogen and oxygen atoms in total. The van der Waals surface area contributed by atoms with Gasteiger partial charge in [0.15, 0.2) is 0 Å². The van der Waals surface area contributed by atoms with Gasteiger partial charge >= 0.3 is 5.97 Å². The first-order valence-corrected chi connectivity index (χ1v) is 10.7. The molecule has 0 atom stereocenters. The second kappa shape index (κ2) is 9.16. The molecular formula is C26H26N4O3. The highest BCUT2D eigenvalue weighted by atomic mass is 16.5. The number of nitrogens with zero attached hydrogens (tertiary/aromatic N) is 2. The van der Waals surface area contributed by atoms with Crippen molar-refractivity contribution in [3.63, 3.8) is 0 Å². The lowest BCUT2D eigenvalue weighted by molar-refractivity contribution is -0.136. The minimum atomic E-state index is -0.880. The number of carbonyl (C=O) groups is 1. The van der Waals surface area contributed by atoms with Crippen LogP contribution in [-0.2, 0) is 17.8 Å². The summed E-state index contributed by atoms with van der Waals surface area (Å²) >= 11 is 0. The van der Waals surface area contributed by atoms with E-state index in [-0.39, 0.29) is 24.9 Å². The van der Waals surface area contributed by atoms with E-state index >= 15 is 0 Å². The van der Waals surface area contributed by atoms with Crippen molar-refractivity contribution in [3.05, 3.63) is 83.4 Å². The van der Waals surface area contributed by atoms with Gasteiger partial charge in [0.2, 0.25) is 5.88 Å². The molecule has 0 radical (unpaired) electrons. The number of carboxylic acids is 1. The van der Waals surface area contributed by atoms with Crippen molar-refractivity contribution >= 4 is 22.7 Å². The summed E-state index contributed by atoms with van der Waals surface area (Å²) in [5, 5.41) is 22.5. The molecule has 0 amide bonds. The highest BCUT2D eigenvalue weighted by molar-refractivity contribution is 5.96. The number of carboxylic acid groups (broad SMARTS) is 1. The van der Waals surface area contributed by atoms with E-state index in [1.807, 2.05) is 65.3 Å². The molecule has 0 spiro atoms. The molecule has 0 saturated heterocycles. The van der Waals surface area contributed by atoms with E-state index in [1.165, 1.54) is 0 Å². The minimum absolute atomic E-state index is 0.0228. The molecule has 7 heteroatoms. The van der Waals surface area contributed by atoms with E-state index in [9.17, 15) is 9.90 Å². The Balaban J connectivity index is 1.72. The Kier molecular flexibility index (Phi) is 6.13. The normalized spacial score (nSPS) is 11.1. The zero-order valence-corrected chi connectivity index (χ0v) is 18.6. The third kappa shape index (κ3) is 4.72. The number of aliphatic carboxylic acids is 1. The molecule has 0 aliphatic carbocycles. The maximum Gasteiger partial charge on any atom is 0.307 e. The maximum atomic E-state index is 11.2. The van der Waals surface area contributed by atoms with Gasteiger partial charge in [-0.25, -0.2) is 0 Å². The van der Waals surface area contributed by atoms with Gasteiger partial charge < -0.3 is 15.6 Å². The van der Waals surface area contributed by atoms with E-state index in [1.54, 1.807) is 6.07 Å². The summed E-state index contributed by atoms with van der Waals surface area (Å²) in [6.45, 7) is 4.34. The van der Waals surface area contributed by atoms with Gasteiger partial charge in [0.1, 0.15) is 12.4 Å². The summed E-state index contributed by atoms with van der Waals surface area (Å²) in [5.74, 6) is -0.363. The third-order valence-electron chi connectivity index (χ3n) is 5.49. The Morgan fingerprint density at radius 3 is 2.48 bits per heavy atom. The molecule has 0 aliphatic heterocycles. The van der Waals surface area contributed by atoms with Crippen LogP contribution in [0.3, 0.4) is 0 Å². The van der Waals surface area contributed by atoms with Crippen LogP contribution in [0, 0.1) is 5.41 Å². The van der Waals surface area contributed by atoms with Crippen LogP contribution >= 0.6 is 0 Å². The molecule has 33 heavy (non-hydrogen) atoms. The molecule has 0 unspecified atom stereocenters. The second-order valence-electron chi connectivity index (χ2n) is 8.20. The molecule has 1 heterocycles. The Hall–Kier alpha value is -4.13. The number of ether oxygens (including phenoxy) is 1. The van der Waals surface area contributed by atoms with Crippen LogP contribution in [0.15, 0.2) is 66.7 Å². The van der Waals surface area contributed by atoms with Crippen molar-refractivity contribution in [2.45, 2.75) is 32.9 Å². The number of nitrogens with one attached hydrogen (secondary N) is 1. The highest BCUT2D eigenvalue weighted by Crippen LogP contribution is 2.32. The lowest BCUT2D eigenvalue weighted by atomic mass is 10.0. The molecule has 0 fully saturated rings. The summed E-state index contributed by atoms with van der Waals surface area (Å²) in [4.78, 5) is 11.2. The van der Waals surface area contributed by atoms with Crippen molar-refractivity contribution in [1.29, 1.82) is 5.41 Å². The number of nitrogens with two attached hydrogens (primary N) is 1. The number of hydrogen-bond acceptors (Lipinski definition) is 4. The molecule has 3 aromatic carbocycles. The summed E-state index contributed by atoms with van der Waals surface area (Å²) in [5.41, 5.74) is 10.7. The van der Waals surface area contributed by atoms with Crippen molar-refractivity contribution in [2.24, 2.45) is 5.73 Å². The average Bonchev–Trinajstić information content (AvgIpc) is 3.16. The van der Waals surface area contributed by atoms with Crippen molar-refractivity contribution in [2.75, 3.05) is 0 Å². The first-order valence-electron chi connectivity index (χ1n) is 10.7. The van der Waals surface area contributed by atoms with E-state index in [0.29, 0.717) is 11.4 Å². The summed E-state index contributed by atoms with van der Waals surface area (Å²) < 4.78 is 8.05. The molecule has 4 aromatic rings. The molecule has 4 rings (SSSR count). The van der Waals surface area contributed by atoms with E-state index in [2.05, 4.69) is 13.8 Å². The topological polar surface area (TPSA) is 114 Å². The maximum absolute atomic E-state index is 11.2. The fourth-order valence-electron chi connectivity index (χ4n) is 3.84. The first kappa shape index (κ1) is 22.1. The van der Waals surface area contributed by atoms with Gasteiger partial charge in [-0.2, -0.15) is 0 Å². The molecule has 0 bridgehead atoms. The van der Waals surface area contributed by atoms with Crippen LogP contribution in [0.25, 0.3) is 22.0 Å². The van der Waals surface area contributed by atoms with Gasteiger partial charge in [0, 0.05) is 11.6 Å². The van der Waals surface area contributed by atoms with E-state index < -0.39 is 5.97 Å². The number of rotatable bonds is 8. The fourth-order valence-corrected chi connectivity index (χ4v) is 3.84. The zero-order valence-electron chi connectivity index (χ0n) is 18.6. The summed E-state index contributed by atoms with van der Waals surface area (Å²) in [7, 11) is 0.